The first kappa shape index (κ1) is 27.4. The van der Waals surface area contributed by atoms with Gasteiger partial charge >= 0.3 is 14.2 Å². The third kappa shape index (κ3) is 3.50. The van der Waals surface area contributed by atoms with Gasteiger partial charge in [0.05, 0.1) is 27.8 Å². The van der Waals surface area contributed by atoms with E-state index in [1.165, 1.54) is 44.5 Å². The summed E-state index contributed by atoms with van der Waals surface area (Å²) in [6.07, 6.45) is 0. The van der Waals surface area contributed by atoms with Gasteiger partial charge in [0.25, 0.3) is 0 Å². The summed E-state index contributed by atoms with van der Waals surface area (Å²) in [4.78, 5) is 0. The predicted molar refractivity (Wildman–Crippen MR) is 174 cm³/mol. The molecule has 2 fully saturated rings. The van der Waals surface area contributed by atoms with Crippen molar-refractivity contribution >= 4 is 25.2 Å². The van der Waals surface area contributed by atoms with Gasteiger partial charge in [-0.3, -0.25) is 0 Å². The van der Waals surface area contributed by atoms with Crippen LogP contribution >= 0.6 is 0 Å². The van der Waals surface area contributed by atoms with E-state index in [9.17, 15) is 0 Å². The fourth-order valence-electron chi connectivity index (χ4n) is 7.44. The molecule has 0 unspecified atom stereocenters. The highest BCUT2D eigenvalue weighted by Gasteiger charge is 2.56. The maximum absolute atomic E-state index is 6.52. The van der Waals surface area contributed by atoms with E-state index in [-0.39, 0.29) is 0 Å². The molecule has 4 aliphatic rings. The van der Waals surface area contributed by atoms with Crippen molar-refractivity contribution in [1.29, 1.82) is 0 Å². The minimum absolute atomic E-state index is 0.414. The molecule has 4 aromatic rings. The van der Waals surface area contributed by atoms with Crippen molar-refractivity contribution in [1.82, 2.24) is 0 Å². The normalized spacial score (nSPS) is 22.4. The van der Waals surface area contributed by atoms with E-state index in [1.54, 1.807) is 0 Å². The zero-order valence-electron chi connectivity index (χ0n) is 26.4. The number of rotatable bonds is 2. The highest BCUT2D eigenvalue weighted by molar-refractivity contribution is 6.63. The Morgan fingerprint density at radius 1 is 0.395 bits per heavy atom. The second-order valence-corrected chi connectivity index (χ2v) is 14.6. The molecule has 1 spiro atoms. The molecule has 2 heterocycles. The van der Waals surface area contributed by atoms with Crippen LogP contribution in [0.5, 0.6) is 0 Å². The second kappa shape index (κ2) is 8.51. The maximum atomic E-state index is 6.52. The van der Waals surface area contributed by atoms with Gasteiger partial charge in [0.2, 0.25) is 0 Å². The first-order valence-corrected chi connectivity index (χ1v) is 15.5. The Balaban J connectivity index is 1.36. The summed E-state index contributed by atoms with van der Waals surface area (Å²) in [5, 5.41) is 0. The number of hydrogen-bond donors (Lipinski definition) is 0. The molecule has 2 saturated heterocycles. The molecule has 0 bridgehead atoms. The van der Waals surface area contributed by atoms with Crippen LogP contribution in [-0.4, -0.2) is 36.6 Å². The molecule has 0 radical (unpaired) electrons. The van der Waals surface area contributed by atoms with Gasteiger partial charge in [-0.25, -0.2) is 0 Å². The molecule has 0 N–H and O–H groups in total. The highest BCUT2D eigenvalue weighted by Crippen LogP contribution is 2.62. The molecule has 216 valence electrons. The van der Waals surface area contributed by atoms with Crippen LogP contribution in [0.1, 0.15) is 77.6 Å². The quantitative estimate of drug-likeness (QED) is 0.220. The fraction of sp³-hybridized carbons (Fsp3) is 0.351. The molecule has 2 aliphatic carbocycles. The molecule has 8 rings (SSSR count). The van der Waals surface area contributed by atoms with Crippen LogP contribution < -0.4 is 10.9 Å². The van der Waals surface area contributed by atoms with Gasteiger partial charge in [0.1, 0.15) is 0 Å². The van der Waals surface area contributed by atoms with E-state index in [1.807, 2.05) is 0 Å². The van der Waals surface area contributed by atoms with Crippen molar-refractivity contribution in [2.24, 2.45) is 0 Å². The summed E-state index contributed by atoms with van der Waals surface area (Å²) >= 11 is 0. The lowest BCUT2D eigenvalue weighted by Crippen LogP contribution is -2.41. The molecule has 2 aliphatic heterocycles. The lowest BCUT2D eigenvalue weighted by atomic mass is 9.69. The molecular weight excluding hydrogens is 530 g/mol. The van der Waals surface area contributed by atoms with Gasteiger partial charge in [0, 0.05) is 0 Å². The minimum atomic E-state index is -0.440. The van der Waals surface area contributed by atoms with Crippen LogP contribution in [0.2, 0.25) is 0 Å². The third-order valence-electron chi connectivity index (χ3n) is 11.2. The fourth-order valence-corrected chi connectivity index (χ4v) is 7.44. The summed E-state index contributed by atoms with van der Waals surface area (Å²) in [6, 6.07) is 31.4. The lowest BCUT2D eigenvalue weighted by Gasteiger charge is -2.32. The van der Waals surface area contributed by atoms with Crippen molar-refractivity contribution < 1.29 is 18.6 Å². The monoisotopic (exact) mass is 568 g/mol. The molecule has 4 aromatic carbocycles. The molecule has 0 aromatic heterocycles. The second-order valence-electron chi connectivity index (χ2n) is 14.6. The Bertz CT molecular complexity index is 1660. The van der Waals surface area contributed by atoms with Gasteiger partial charge in [-0.1, -0.05) is 84.9 Å². The van der Waals surface area contributed by atoms with E-state index in [0.29, 0.717) is 0 Å². The Morgan fingerprint density at radius 3 is 1.09 bits per heavy atom. The smallest absolute Gasteiger partial charge is 0.399 e. The molecule has 43 heavy (non-hydrogen) atoms. The minimum Gasteiger partial charge on any atom is -0.399 e. The van der Waals surface area contributed by atoms with Crippen molar-refractivity contribution in [2.75, 3.05) is 0 Å². The van der Waals surface area contributed by atoms with Gasteiger partial charge in [-0.2, -0.15) is 0 Å². The largest absolute Gasteiger partial charge is 0.494 e. The van der Waals surface area contributed by atoms with Crippen molar-refractivity contribution in [2.45, 2.75) is 83.2 Å². The zero-order valence-corrected chi connectivity index (χ0v) is 26.4. The summed E-state index contributed by atoms with van der Waals surface area (Å²) in [7, 11) is -0.880. The van der Waals surface area contributed by atoms with Crippen molar-refractivity contribution in [3.8, 4) is 22.3 Å². The van der Waals surface area contributed by atoms with E-state index < -0.39 is 42.1 Å². The van der Waals surface area contributed by atoms with Crippen LogP contribution in [0.15, 0.2) is 84.9 Å². The van der Waals surface area contributed by atoms with Gasteiger partial charge in [-0.05, 0) is 111 Å². The van der Waals surface area contributed by atoms with Crippen LogP contribution in [0.3, 0.4) is 0 Å². The Hall–Kier alpha value is -3.15. The first-order chi connectivity index (χ1) is 20.3. The summed E-state index contributed by atoms with van der Waals surface area (Å²) < 4.78 is 26.1. The topological polar surface area (TPSA) is 36.9 Å². The summed E-state index contributed by atoms with van der Waals surface area (Å²) in [5.74, 6) is 0. The average Bonchev–Trinajstić information content (AvgIpc) is 3.58. The molecule has 6 heteroatoms. The first-order valence-electron chi connectivity index (χ1n) is 15.5. The average molecular weight is 568 g/mol. The maximum Gasteiger partial charge on any atom is 0.494 e. The number of benzene rings is 4. The molecule has 0 amide bonds. The third-order valence-corrected chi connectivity index (χ3v) is 11.2. The van der Waals surface area contributed by atoms with Gasteiger partial charge < -0.3 is 18.6 Å². The van der Waals surface area contributed by atoms with E-state index in [4.69, 9.17) is 18.6 Å². The predicted octanol–water partition coefficient (Wildman–Crippen LogP) is 6.63. The van der Waals surface area contributed by atoms with E-state index >= 15 is 0 Å². The van der Waals surface area contributed by atoms with E-state index in [0.717, 1.165) is 10.9 Å². The summed E-state index contributed by atoms with van der Waals surface area (Å²) in [5.41, 5.74) is 10.2. The molecule has 0 atom stereocenters. The Labute approximate surface area is 256 Å². The van der Waals surface area contributed by atoms with Gasteiger partial charge in [-0.15, -0.1) is 0 Å². The zero-order chi connectivity index (χ0) is 30.2. The van der Waals surface area contributed by atoms with Gasteiger partial charge in [0.15, 0.2) is 0 Å². The molecule has 0 saturated carbocycles. The van der Waals surface area contributed by atoms with E-state index in [2.05, 4.69) is 140 Å². The SMILES string of the molecule is CC1(C)OB(c2ccc3c(c2)-c2cc(B4OC(C)(C)C(C)(C)O4)ccc2C32c3ccccc3-c3ccccc32)OC1(C)C. The van der Waals surface area contributed by atoms with Crippen LogP contribution in [0, 0.1) is 0 Å². The number of hydrogen-bond acceptors (Lipinski definition) is 4. The summed E-state index contributed by atoms with van der Waals surface area (Å²) in [6.45, 7) is 16.8. The molecule has 4 nitrogen and oxygen atoms in total. The lowest BCUT2D eigenvalue weighted by molar-refractivity contribution is 0.00578. The van der Waals surface area contributed by atoms with Crippen LogP contribution in [0.25, 0.3) is 22.3 Å². The molecular formula is C37H38B2O4. The van der Waals surface area contributed by atoms with Crippen molar-refractivity contribution in [3.05, 3.63) is 107 Å². The van der Waals surface area contributed by atoms with Crippen LogP contribution in [-0.2, 0) is 24.0 Å². The Morgan fingerprint density at radius 2 is 0.721 bits per heavy atom. The Kier molecular flexibility index (Phi) is 5.43. The standard InChI is InChI=1S/C37H38B2O4/c1-33(2)34(3,4)41-38(40-33)23-17-19-31-27(21-23)28-22-24(39-42-35(5,6)36(7,8)43-39)18-20-32(28)37(31)29-15-11-9-13-25(29)26-14-10-12-16-30(26)37/h9-22H,1-8H3. The van der Waals surface area contributed by atoms with Crippen LogP contribution in [0.4, 0.5) is 0 Å². The van der Waals surface area contributed by atoms with Crippen molar-refractivity contribution in [3.63, 3.8) is 0 Å². The highest BCUT2D eigenvalue weighted by atomic mass is 16.7. The number of fused-ring (bicyclic) bond motifs is 10.